The van der Waals surface area contributed by atoms with Crippen LogP contribution in [-0.2, 0) is 6.61 Å². The molecule has 0 saturated carbocycles. The molecule has 0 aliphatic carbocycles. The van der Waals surface area contributed by atoms with E-state index in [2.05, 4.69) is 36.9 Å². The lowest BCUT2D eigenvalue weighted by molar-refractivity contribution is 0.281. The zero-order valence-electron chi connectivity index (χ0n) is 10.9. The molecule has 0 radical (unpaired) electrons. The molecule has 2 heteroatoms. The van der Waals surface area contributed by atoms with Gasteiger partial charge in [-0.25, -0.2) is 0 Å². The van der Waals surface area contributed by atoms with Crippen LogP contribution in [0.5, 0.6) is 0 Å². The molecule has 94 valence electrons. The molecule has 1 N–H and O–H groups in total. The van der Waals surface area contributed by atoms with Crippen molar-refractivity contribution in [1.29, 1.82) is 0 Å². The average molecular weight is 233 g/mol. The molecule has 0 bridgehead atoms. The standard InChI is InChI=1S/C15H23NO/c1-3-13-5-4-8-16(10-13)15-7-6-14(11-17)12(2)9-15/h6-7,9,13,17H,3-5,8,10-11H2,1-2H3. The maximum Gasteiger partial charge on any atom is 0.0684 e. The highest BCUT2D eigenvalue weighted by atomic mass is 16.3. The fraction of sp³-hybridized carbons (Fsp3) is 0.600. The Morgan fingerprint density at radius 1 is 1.41 bits per heavy atom. The van der Waals surface area contributed by atoms with Crippen molar-refractivity contribution in [3.8, 4) is 0 Å². The Labute approximate surface area is 104 Å². The van der Waals surface area contributed by atoms with Crippen molar-refractivity contribution in [2.24, 2.45) is 5.92 Å². The van der Waals surface area contributed by atoms with Crippen molar-refractivity contribution < 1.29 is 5.11 Å². The predicted octanol–water partition coefficient (Wildman–Crippen LogP) is 3.11. The zero-order chi connectivity index (χ0) is 12.3. The molecular formula is C15H23NO. The number of hydrogen-bond acceptors (Lipinski definition) is 2. The molecule has 2 nitrogen and oxygen atoms in total. The van der Waals surface area contributed by atoms with Gasteiger partial charge in [0.25, 0.3) is 0 Å². The number of piperidine rings is 1. The van der Waals surface area contributed by atoms with Gasteiger partial charge in [0, 0.05) is 18.8 Å². The molecule has 0 amide bonds. The highest BCUT2D eigenvalue weighted by molar-refractivity contribution is 5.51. The van der Waals surface area contributed by atoms with Crippen LogP contribution in [0.15, 0.2) is 18.2 Å². The number of rotatable bonds is 3. The number of aliphatic hydroxyl groups is 1. The van der Waals surface area contributed by atoms with Gasteiger partial charge in [-0.3, -0.25) is 0 Å². The second kappa shape index (κ2) is 5.54. The third-order valence-electron chi connectivity index (χ3n) is 3.96. The van der Waals surface area contributed by atoms with Gasteiger partial charge in [-0.2, -0.15) is 0 Å². The molecule has 1 aromatic rings. The second-order valence-electron chi connectivity index (χ2n) is 5.13. The molecule has 1 aliphatic heterocycles. The Hall–Kier alpha value is -1.02. The van der Waals surface area contributed by atoms with Gasteiger partial charge in [-0.05, 0) is 48.9 Å². The highest BCUT2D eigenvalue weighted by Crippen LogP contribution is 2.26. The van der Waals surface area contributed by atoms with Crippen LogP contribution >= 0.6 is 0 Å². The molecule has 17 heavy (non-hydrogen) atoms. The minimum Gasteiger partial charge on any atom is -0.392 e. The Bertz CT molecular complexity index is 375. The zero-order valence-corrected chi connectivity index (χ0v) is 10.9. The van der Waals surface area contributed by atoms with Gasteiger partial charge in [0.1, 0.15) is 0 Å². The van der Waals surface area contributed by atoms with E-state index in [1.807, 2.05) is 0 Å². The first-order valence-electron chi connectivity index (χ1n) is 6.70. The van der Waals surface area contributed by atoms with Gasteiger partial charge < -0.3 is 10.0 Å². The molecule has 0 spiro atoms. The molecule has 1 saturated heterocycles. The van der Waals surface area contributed by atoms with Gasteiger partial charge in [-0.1, -0.05) is 19.4 Å². The number of aliphatic hydroxyl groups excluding tert-OH is 1. The quantitative estimate of drug-likeness (QED) is 0.867. The molecule has 1 heterocycles. The van der Waals surface area contributed by atoms with E-state index in [-0.39, 0.29) is 6.61 Å². The third-order valence-corrected chi connectivity index (χ3v) is 3.96. The number of nitrogens with zero attached hydrogens (tertiary/aromatic N) is 1. The summed E-state index contributed by atoms with van der Waals surface area (Å²) in [5.41, 5.74) is 3.55. The number of aryl methyl sites for hydroxylation is 1. The van der Waals surface area contributed by atoms with Crippen molar-refractivity contribution in [2.75, 3.05) is 18.0 Å². The summed E-state index contributed by atoms with van der Waals surface area (Å²) in [6, 6.07) is 6.42. The van der Waals surface area contributed by atoms with E-state index in [1.165, 1.54) is 43.6 Å². The van der Waals surface area contributed by atoms with E-state index >= 15 is 0 Å². The van der Waals surface area contributed by atoms with Gasteiger partial charge in [0.15, 0.2) is 0 Å². The molecular weight excluding hydrogens is 210 g/mol. The third kappa shape index (κ3) is 2.81. The Morgan fingerprint density at radius 3 is 2.88 bits per heavy atom. The van der Waals surface area contributed by atoms with Crippen LogP contribution in [0.2, 0.25) is 0 Å². The van der Waals surface area contributed by atoms with E-state index < -0.39 is 0 Å². The van der Waals surface area contributed by atoms with Crippen LogP contribution in [0.25, 0.3) is 0 Å². The van der Waals surface area contributed by atoms with Crippen molar-refractivity contribution >= 4 is 5.69 Å². The van der Waals surface area contributed by atoms with E-state index in [4.69, 9.17) is 0 Å². The smallest absolute Gasteiger partial charge is 0.0684 e. The summed E-state index contributed by atoms with van der Waals surface area (Å²) < 4.78 is 0. The molecule has 1 aliphatic rings. The Morgan fingerprint density at radius 2 is 2.24 bits per heavy atom. The van der Waals surface area contributed by atoms with Gasteiger partial charge in [0.05, 0.1) is 6.61 Å². The lowest BCUT2D eigenvalue weighted by Crippen LogP contribution is -2.35. The summed E-state index contributed by atoms with van der Waals surface area (Å²) >= 11 is 0. The van der Waals surface area contributed by atoms with Crippen LogP contribution in [0.4, 0.5) is 5.69 Å². The van der Waals surface area contributed by atoms with Gasteiger partial charge in [-0.15, -0.1) is 0 Å². The maximum absolute atomic E-state index is 9.19. The summed E-state index contributed by atoms with van der Waals surface area (Å²) in [6.45, 7) is 6.87. The molecule has 0 aromatic heterocycles. The molecule has 1 unspecified atom stereocenters. The second-order valence-corrected chi connectivity index (χ2v) is 5.13. The summed E-state index contributed by atoms with van der Waals surface area (Å²) in [6.07, 6.45) is 3.96. The molecule has 2 rings (SSSR count). The van der Waals surface area contributed by atoms with Crippen molar-refractivity contribution in [3.63, 3.8) is 0 Å². The van der Waals surface area contributed by atoms with Crippen LogP contribution in [0.3, 0.4) is 0 Å². The van der Waals surface area contributed by atoms with E-state index in [0.29, 0.717) is 0 Å². The normalized spacial score (nSPS) is 20.6. The average Bonchev–Trinajstić information content (AvgIpc) is 2.38. The Balaban J connectivity index is 2.13. The largest absolute Gasteiger partial charge is 0.392 e. The highest BCUT2D eigenvalue weighted by Gasteiger charge is 2.18. The van der Waals surface area contributed by atoms with Crippen LogP contribution < -0.4 is 4.90 Å². The SMILES string of the molecule is CCC1CCCN(c2ccc(CO)c(C)c2)C1. The number of anilines is 1. The molecule has 1 atom stereocenters. The minimum absolute atomic E-state index is 0.143. The van der Waals surface area contributed by atoms with Crippen molar-refractivity contribution in [2.45, 2.75) is 39.7 Å². The van der Waals surface area contributed by atoms with E-state index in [1.54, 1.807) is 0 Å². The summed E-state index contributed by atoms with van der Waals surface area (Å²) in [7, 11) is 0. The van der Waals surface area contributed by atoms with Crippen LogP contribution in [0.1, 0.15) is 37.3 Å². The Kier molecular flexibility index (Phi) is 4.06. The topological polar surface area (TPSA) is 23.5 Å². The summed E-state index contributed by atoms with van der Waals surface area (Å²) in [5, 5.41) is 9.19. The minimum atomic E-state index is 0.143. The first-order chi connectivity index (χ1) is 8.24. The molecule has 1 aromatic carbocycles. The van der Waals surface area contributed by atoms with Gasteiger partial charge >= 0.3 is 0 Å². The number of benzene rings is 1. The summed E-state index contributed by atoms with van der Waals surface area (Å²) in [5.74, 6) is 0.849. The maximum atomic E-state index is 9.19. The lowest BCUT2D eigenvalue weighted by atomic mass is 9.95. The first-order valence-corrected chi connectivity index (χ1v) is 6.70. The van der Waals surface area contributed by atoms with Crippen LogP contribution in [0, 0.1) is 12.8 Å². The monoisotopic (exact) mass is 233 g/mol. The van der Waals surface area contributed by atoms with E-state index in [9.17, 15) is 5.11 Å². The van der Waals surface area contributed by atoms with Crippen molar-refractivity contribution in [1.82, 2.24) is 0 Å². The summed E-state index contributed by atoms with van der Waals surface area (Å²) in [4.78, 5) is 2.49. The van der Waals surface area contributed by atoms with E-state index in [0.717, 1.165) is 11.5 Å². The fourth-order valence-corrected chi connectivity index (χ4v) is 2.69. The lowest BCUT2D eigenvalue weighted by Gasteiger charge is -2.34. The van der Waals surface area contributed by atoms with Crippen molar-refractivity contribution in [3.05, 3.63) is 29.3 Å². The van der Waals surface area contributed by atoms with Gasteiger partial charge in [0.2, 0.25) is 0 Å². The first kappa shape index (κ1) is 12.4. The fourth-order valence-electron chi connectivity index (χ4n) is 2.69. The van der Waals surface area contributed by atoms with Crippen LogP contribution in [-0.4, -0.2) is 18.2 Å². The predicted molar refractivity (Wildman–Crippen MR) is 72.3 cm³/mol. The number of hydrogen-bond donors (Lipinski definition) is 1. The molecule has 1 fully saturated rings.